The van der Waals surface area contributed by atoms with Crippen molar-refractivity contribution in [2.24, 2.45) is 0 Å². The van der Waals surface area contributed by atoms with Crippen LogP contribution in [0, 0.1) is 13.8 Å². The Labute approximate surface area is 162 Å². The molecule has 0 saturated carbocycles. The Balaban J connectivity index is 1.75. The van der Waals surface area contributed by atoms with Gasteiger partial charge in [0.15, 0.2) is 5.76 Å². The number of nitrogens with one attached hydrogen (secondary N) is 2. The minimum absolute atomic E-state index is 0.246. The summed E-state index contributed by atoms with van der Waals surface area (Å²) in [5.41, 5.74) is 2.99. The summed E-state index contributed by atoms with van der Waals surface area (Å²) in [6, 6.07) is 12.7. The van der Waals surface area contributed by atoms with Gasteiger partial charge in [-0.1, -0.05) is 28.1 Å². The number of amides is 1. The number of hydrogen-bond donors (Lipinski definition) is 2. The molecule has 2 heterocycles. The van der Waals surface area contributed by atoms with Gasteiger partial charge >= 0.3 is 5.69 Å². The number of benzene rings is 2. The zero-order chi connectivity index (χ0) is 19.1. The van der Waals surface area contributed by atoms with Crippen LogP contribution in [0.2, 0.25) is 0 Å². The number of halogens is 1. The molecule has 2 N–H and O–H groups in total. The second kappa shape index (κ2) is 6.59. The van der Waals surface area contributed by atoms with E-state index in [0.29, 0.717) is 17.0 Å². The summed E-state index contributed by atoms with van der Waals surface area (Å²) < 4.78 is 8.19. The van der Waals surface area contributed by atoms with Crippen LogP contribution in [0.4, 0.5) is 5.69 Å². The zero-order valence-corrected chi connectivity index (χ0v) is 16.3. The van der Waals surface area contributed by atoms with E-state index in [4.69, 9.17) is 4.42 Å². The number of fused-ring (bicyclic) bond motifs is 1. The number of anilines is 1. The number of carbonyl (C=O) groups excluding carboxylic acids is 1. The van der Waals surface area contributed by atoms with Crippen molar-refractivity contribution in [2.75, 3.05) is 5.32 Å². The third-order valence-electron chi connectivity index (χ3n) is 4.46. The maximum absolute atomic E-state index is 12.9. The number of rotatable bonds is 3. The Morgan fingerprint density at radius 2 is 1.96 bits per heavy atom. The zero-order valence-electron chi connectivity index (χ0n) is 14.7. The molecule has 2 aromatic carbocycles. The molecule has 0 aliphatic heterocycles. The fraction of sp³-hybridized carbons (Fsp3) is 0.100. The molecule has 136 valence electrons. The predicted octanol–water partition coefficient (Wildman–Crippen LogP) is 4.54. The third kappa shape index (κ3) is 3.00. The van der Waals surface area contributed by atoms with Crippen molar-refractivity contribution in [3.8, 4) is 5.69 Å². The SMILES string of the molecule is Cc1c(C(=O)Nc2ccccc2-n2c(C)c[nH]c2=O)oc2ccc(Br)cc12. The minimum Gasteiger partial charge on any atom is -0.451 e. The summed E-state index contributed by atoms with van der Waals surface area (Å²) >= 11 is 3.43. The van der Waals surface area contributed by atoms with Crippen LogP contribution in [-0.2, 0) is 0 Å². The fourth-order valence-electron chi connectivity index (χ4n) is 3.12. The molecule has 0 spiro atoms. The number of H-pyrrole nitrogens is 1. The molecular weight excluding hydrogens is 410 g/mol. The number of aromatic nitrogens is 2. The average Bonchev–Trinajstić information content (AvgIpc) is 3.15. The van der Waals surface area contributed by atoms with Gasteiger partial charge in [0, 0.05) is 27.3 Å². The lowest BCUT2D eigenvalue weighted by molar-refractivity contribution is 0.0998. The molecule has 7 heteroatoms. The molecule has 0 bridgehead atoms. The smallest absolute Gasteiger partial charge is 0.330 e. The van der Waals surface area contributed by atoms with E-state index in [9.17, 15) is 9.59 Å². The second-order valence-electron chi connectivity index (χ2n) is 6.24. The Hall–Kier alpha value is -3.06. The maximum atomic E-state index is 12.9. The molecule has 0 aliphatic rings. The molecule has 2 aromatic heterocycles. The molecule has 0 aliphatic carbocycles. The summed E-state index contributed by atoms with van der Waals surface area (Å²) in [7, 11) is 0. The van der Waals surface area contributed by atoms with Crippen molar-refractivity contribution in [2.45, 2.75) is 13.8 Å². The van der Waals surface area contributed by atoms with Crippen molar-refractivity contribution in [3.05, 3.63) is 80.6 Å². The lowest BCUT2D eigenvalue weighted by Gasteiger charge is -2.12. The van der Waals surface area contributed by atoms with Gasteiger partial charge in [-0.05, 0) is 44.2 Å². The van der Waals surface area contributed by atoms with Crippen LogP contribution in [0.25, 0.3) is 16.7 Å². The minimum atomic E-state index is -0.367. The van der Waals surface area contributed by atoms with Gasteiger partial charge in [-0.3, -0.25) is 9.36 Å². The van der Waals surface area contributed by atoms with Crippen LogP contribution in [0.15, 0.2) is 62.3 Å². The standard InChI is InChI=1S/C20H16BrN3O3/c1-11-10-22-20(26)24(11)16-6-4-3-5-15(16)23-19(25)18-12(2)14-9-13(21)7-8-17(14)27-18/h3-10H,1-2H3,(H,22,26)(H,23,25). The first-order chi connectivity index (χ1) is 13.0. The second-order valence-corrected chi connectivity index (χ2v) is 7.15. The van der Waals surface area contributed by atoms with E-state index in [-0.39, 0.29) is 17.4 Å². The first-order valence-electron chi connectivity index (χ1n) is 8.32. The number of para-hydroxylation sites is 2. The summed E-state index contributed by atoms with van der Waals surface area (Å²) in [6.45, 7) is 3.66. The largest absolute Gasteiger partial charge is 0.451 e. The van der Waals surface area contributed by atoms with Crippen LogP contribution in [0.5, 0.6) is 0 Å². The quantitative estimate of drug-likeness (QED) is 0.505. The number of nitrogens with zero attached hydrogens (tertiary/aromatic N) is 1. The Kier molecular flexibility index (Phi) is 4.24. The molecule has 6 nitrogen and oxygen atoms in total. The van der Waals surface area contributed by atoms with Crippen molar-refractivity contribution < 1.29 is 9.21 Å². The highest BCUT2D eigenvalue weighted by Crippen LogP contribution is 2.29. The van der Waals surface area contributed by atoms with Gasteiger partial charge < -0.3 is 14.7 Å². The van der Waals surface area contributed by atoms with Gasteiger partial charge in [-0.2, -0.15) is 0 Å². The van der Waals surface area contributed by atoms with Crippen molar-refractivity contribution in [3.63, 3.8) is 0 Å². The molecule has 0 unspecified atom stereocenters. The maximum Gasteiger partial charge on any atom is 0.330 e. The van der Waals surface area contributed by atoms with E-state index in [1.54, 1.807) is 24.4 Å². The molecule has 0 saturated heterocycles. The summed E-state index contributed by atoms with van der Waals surface area (Å²) in [5, 5.41) is 3.74. The summed E-state index contributed by atoms with van der Waals surface area (Å²) in [4.78, 5) is 27.6. The monoisotopic (exact) mass is 425 g/mol. The van der Waals surface area contributed by atoms with E-state index < -0.39 is 0 Å². The lowest BCUT2D eigenvalue weighted by atomic mass is 10.1. The van der Waals surface area contributed by atoms with Crippen LogP contribution < -0.4 is 11.0 Å². The normalized spacial score (nSPS) is 11.1. The molecule has 0 fully saturated rings. The van der Waals surface area contributed by atoms with Crippen molar-refractivity contribution in [1.82, 2.24) is 9.55 Å². The molecule has 4 rings (SSSR count). The highest BCUT2D eigenvalue weighted by Gasteiger charge is 2.19. The number of aromatic amines is 1. The van der Waals surface area contributed by atoms with Gasteiger partial charge in [0.1, 0.15) is 5.58 Å². The molecule has 1 amide bonds. The Morgan fingerprint density at radius 1 is 1.19 bits per heavy atom. The first-order valence-corrected chi connectivity index (χ1v) is 9.11. The van der Waals surface area contributed by atoms with Gasteiger partial charge in [0.05, 0.1) is 11.4 Å². The fourth-order valence-corrected chi connectivity index (χ4v) is 3.48. The average molecular weight is 426 g/mol. The van der Waals surface area contributed by atoms with E-state index in [0.717, 1.165) is 21.1 Å². The topological polar surface area (TPSA) is 80.0 Å². The van der Waals surface area contributed by atoms with Gasteiger partial charge in [-0.25, -0.2) is 4.79 Å². The van der Waals surface area contributed by atoms with Gasteiger partial charge in [-0.15, -0.1) is 0 Å². The van der Waals surface area contributed by atoms with Crippen LogP contribution in [0.1, 0.15) is 21.8 Å². The molecule has 4 aromatic rings. The number of aryl methyl sites for hydroxylation is 2. The van der Waals surface area contributed by atoms with E-state index >= 15 is 0 Å². The first kappa shape index (κ1) is 17.4. The highest BCUT2D eigenvalue weighted by atomic mass is 79.9. The van der Waals surface area contributed by atoms with E-state index in [1.807, 2.05) is 38.1 Å². The molecular formula is C20H16BrN3O3. The molecule has 0 radical (unpaired) electrons. The molecule has 27 heavy (non-hydrogen) atoms. The predicted molar refractivity (Wildman–Crippen MR) is 108 cm³/mol. The van der Waals surface area contributed by atoms with Crippen LogP contribution in [-0.4, -0.2) is 15.5 Å². The number of furan rings is 1. The van der Waals surface area contributed by atoms with Crippen molar-refractivity contribution in [1.29, 1.82) is 0 Å². The van der Waals surface area contributed by atoms with Crippen LogP contribution >= 0.6 is 15.9 Å². The van der Waals surface area contributed by atoms with E-state index in [1.165, 1.54) is 4.57 Å². The summed E-state index contributed by atoms with van der Waals surface area (Å²) in [5.74, 6) is -0.121. The molecule has 0 atom stereocenters. The number of imidazole rings is 1. The highest BCUT2D eigenvalue weighted by molar-refractivity contribution is 9.10. The van der Waals surface area contributed by atoms with Crippen molar-refractivity contribution >= 4 is 38.5 Å². The number of carbonyl (C=O) groups is 1. The van der Waals surface area contributed by atoms with Gasteiger partial charge in [0.25, 0.3) is 5.91 Å². The summed E-state index contributed by atoms with van der Waals surface area (Å²) in [6.07, 6.45) is 1.63. The Morgan fingerprint density at radius 3 is 2.70 bits per heavy atom. The van der Waals surface area contributed by atoms with Crippen LogP contribution in [0.3, 0.4) is 0 Å². The number of hydrogen-bond acceptors (Lipinski definition) is 3. The Bertz CT molecular complexity index is 1230. The lowest BCUT2D eigenvalue weighted by Crippen LogP contribution is -2.19. The van der Waals surface area contributed by atoms with E-state index in [2.05, 4.69) is 26.2 Å². The third-order valence-corrected chi connectivity index (χ3v) is 4.95. The van der Waals surface area contributed by atoms with Gasteiger partial charge in [0.2, 0.25) is 0 Å².